The third-order valence-electron chi connectivity index (χ3n) is 4.84. The molecule has 1 heterocycles. The largest absolute Gasteiger partial charge is 0.322 e. The van der Waals surface area contributed by atoms with Crippen molar-refractivity contribution in [2.45, 2.75) is 45.1 Å². The molecule has 0 bridgehead atoms. The zero-order valence-electron chi connectivity index (χ0n) is 16.1. The second-order valence-corrected chi connectivity index (χ2v) is 8.19. The van der Waals surface area contributed by atoms with Gasteiger partial charge in [0, 0.05) is 29.6 Å². The molecule has 1 aliphatic rings. The van der Waals surface area contributed by atoms with E-state index in [0.29, 0.717) is 11.9 Å². The molecular weight excluding hydrogens is 360 g/mol. The van der Waals surface area contributed by atoms with Gasteiger partial charge in [-0.3, -0.25) is 0 Å². The summed E-state index contributed by atoms with van der Waals surface area (Å²) < 4.78 is 0. The number of urea groups is 1. The number of amides is 2. The van der Waals surface area contributed by atoms with Crippen LogP contribution in [0.2, 0.25) is 0 Å². The molecule has 146 valence electrons. The minimum atomic E-state index is -0.0112. The minimum absolute atomic E-state index is 0.0112. The Balaban J connectivity index is 1.70. The highest BCUT2D eigenvalue weighted by atomic mass is 32.2. The summed E-state index contributed by atoms with van der Waals surface area (Å²) in [6.45, 7) is 2.95. The molecule has 1 aliphatic carbocycles. The molecule has 3 rings (SSSR count). The molecule has 0 saturated heterocycles. The molecule has 27 heavy (non-hydrogen) atoms. The third kappa shape index (κ3) is 5.45. The number of hydrogen-bond acceptors (Lipinski definition) is 5. The van der Waals surface area contributed by atoms with Gasteiger partial charge in [0.05, 0.1) is 7.05 Å². The number of rotatable bonds is 7. The molecule has 1 aromatic carbocycles. The highest BCUT2D eigenvalue weighted by Gasteiger charge is 2.25. The van der Waals surface area contributed by atoms with E-state index in [-0.39, 0.29) is 6.03 Å². The zero-order valence-corrected chi connectivity index (χ0v) is 16.9. The smallest absolute Gasteiger partial charge is 0.321 e. The number of tetrazole rings is 1. The number of anilines is 1. The highest BCUT2D eigenvalue weighted by Crippen LogP contribution is 2.24. The molecule has 2 aromatic rings. The average Bonchev–Trinajstić information content (AvgIpc) is 3.12. The quantitative estimate of drug-likeness (QED) is 0.730. The summed E-state index contributed by atoms with van der Waals surface area (Å²) in [4.78, 5) is 16.5. The normalized spacial score (nSPS) is 14.9. The van der Waals surface area contributed by atoms with Crippen LogP contribution in [0.5, 0.6) is 0 Å². The summed E-state index contributed by atoms with van der Waals surface area (Å²) in [7, 11) is 1.73. The number of aromatic nitrogens is 4. The molecule has 7 nitrogen and oxygen atoms in total. The molecule has 1 N–H and O–H groups in total. The molecule has 0 radical (unpaired) electrons. The van der Waals surface area contributed by atoms with Crippen molar-refractivity contribution >= 4 is 23.5 Å². The average molecular weight is 389 g/mol. The standard InChI is InChI=1S/C19H28N6OS/c1-3-27-13-12-25(17-10-5-4-6-11-17)19(26)20-16-9-7-8-15(14-16)18-21-23-24(2)22-18/h7-9,14,17H,3-6,10-13H2,1-2H3,(H,20,26). The lowest BCUT2D eigenvalue weighted by atomic mass is 9.94. The van der Waals surface area contributed by atoms with Crippen LogP contribution in [-0.2, 0) is 7.05 Å². The summed E-state index contributed by atoms with van der Waals surface area (Å²) in [6, 6.07) is 7.96. The summed E-state index contributed by atoms with van der Waals surface area (Å²) in [5.74, 6) is 2.61. The second kappa shape index (κ2) is 9.73. The van der Waals surface area contributed by atoms with Gasteiger partial charge in [0.1, 0.15) is 0 Å². The van der Waals surface area contributed by atoms with Crippen LogP contribution in [0.4, 0.5) is 10.5 Å². The molecule has 1 aromatic heterocycles. The lowest BCUT2D eigenvalue weighted by Gasteiger charge is -2.34. The molecule has 0 aliphatic heterocycles. The van der Waals surface area contributed by atoms with Crippen molar-refractivity contribution in [3.63, 3.8) is 0 Å². The number of carbonyl (C=O) groups is 1. The molecule has 2 amide bonds. The van der Waals surface area contributed by atoms with Crippen molar-refractivity contribution in [2.24, 2.45) is 7.05 Å². The number of nitrogens with zero attached hydrogens (tertiary/aromatic N) is 5. The van der Waals surface area contributed by atoms with Crippen LogP contribution >= 0.6 is 11.8 Å². The van der Waals surface area contributed by atoms with Gasteiger partial charge in [-0.25, -0.2) is 4.79 Å². The molecule has 8 heteroatoms. The summed E-state index contributed by atoms with van der Waals surface area (Å²) in [6.07, 6.45) is 5.91. The van der Waals surface area contributed by atoms with Gasteiger partial charge in [-0.1, -0.05) is 38.3 Å². The van der Waals surface area contributed by atoms with Crippen molar-refractivity contribution in [2.75, 3.05) is 23.4 Å². The number of benzene rings is 1. The lowest BCUT2D eigenvalue weighted by Crippen LogP contribution is -2.45. The van der Waals surface area contributed by atoms with Crippen LogP contribution in [0.3, 0.4) is 0 Å². The first-order valence-electron chi connectivity index (χ1n) is 9.67. The van der Waals surface area contributed by atoms with Crippen LogP contribution in [0.25, 0.3) is 11.4 Å². The van der Waals surface area contributed by atoms with Gasteiger partial charge in [-0.2, -0.15) is 16.6 Å². The van der Waals surface area contributed by atoms with Gasteiger partial charge in [-0.05, 0) is 35.9 Å². The molecule has 0 unspecified atom stereocenters. The number of nitrogens with one attached hydrogen (secondary N) is 1. The third-order valence-corrected chi connectivity index (χ3v) is 5.72. The maximum Gasteiger partial charge on any atom is 0.322 e. The van der Waals surface area contributed by atoms with E-state index in [2.05, 4.69) is 27.7 Å². The Labute approximate surface area is 164 Å². The fourth-order valence-corrected chi connectivity index (χ4v) is 4.10. The van der Waals surface area contributed by atoms with Gasteiger partial charge in [0.2, 0.25) is 5.82 Å². The van der Waals surface area contributed by atoms with E-state index < -0.39 is 0 Å². The van der Waals surface area contributed by atoms with Crippen molar-refractivity contribution in [1.29, 1.82) is 0 Å². The number of carbonyl (C=O) groups excluding carboxylic acids is 1. The first kappa shape index (κ1) is 19.7. The van der Waals surface area contributed by atoms with Crippen LogP contribution < -0.4 is 5.32 Å². The van der Waals surface area contributed by atoms with E-state index in [1.165, 1.54) is 24.1 Å². The van der Waals surface area contributed by atoms with Gasteiger partial charge in [-0.15, -0.1) is 10.2 Å². The predicted molar refractivity (Wildman–Crippen MR) is 110 cm³/mol. The number of aryl methyl sites for hydroxylation is 1. The monoisotopic (exact) mass is 388 g/mol. The van der Waals surface area contributed by atoms with Crippen LogP contribution in [0, 0.1) is 0 Å². The van der Waals surface area contributed by atoms with Crippen molar-refractivity contribution in [3.05, 3.63) is 24.3 Å². The fraction of sp³-hybridized carbons (Fsp3) is 0.579. The number of thioether (sulfide) groups is 1. The Bertz CT molecular complexity index is 743. The fourth-order valence-electron chi connectivity index (χ4n) is 3.48. The Morgan fingerprint density at radius 1 is 1.33 bits per heavy atom. The van der Waals surface area contributed by atoms with Crippen molar-refractivity contribution in [3.8, 4) is 11.4 Å². The van der Waals surface area contributed by atoms with E-state index in [0.717, 1.165) is 42.1 Å². The van der Waals surface area contributed by atoms with Crippen LogP contribution in [0.15, 0.2) is 24.3 Å². The van der Waals surface area contributed by atoms with Crippen LogP contribution in [0.1, 0.15) is 39.0 Å². The van der Waals surface area contributed by atoms with E-state index in [1.807, 2.05) is 40.9 Å². The van der Waals surface area contributed by atoms with E-state index >= 15 is 0 Å². The summed E-state index contributed by atoms with van der Waals surface area (Å²) in [5, 5.41) is 15.2. The second-order valence-electron chi connectivity index (χ2n) is 6.80. The SMILES string of the molecule is CCSCCN(C(=O)Nc1cccc(-c2nnn(C)n2)c1)C1CCCCC1. The molecule has 0 spiro atoms. The van der Waals surface area contributed by atoms with Crippen molar-refractivity contribution in [1.82, 2.24) is 25.1 Å². The van der Waals surface area contributed by atoms with E-state index in [9.17, 15) is 4.79 Å². The predicted octanol–water partition coefficient (Wildman–Crippen LogP) is 3.80. The maximum absolute atomic E-state index is 13.0. The first-order valence-corrected chi connectivity index (χ1v) is 10.8. The molecule has 1 saturated carbocycles. The van der Waals surface area contributed by atoms with Gasteiger partial charge in [0.15, 0.2) is 0 Å². The maximum atomic E-state index is 13.0. The molecule has 0 atom stereocenters. The van der Waals surface area contributed by atoms with Crippen molar-refractivity contribution < 1.29 is 4.79 Å². The van der Waals surface area contributed by atoms with E-state index in [4.69, 9.17) is 0 Å². The van der Waals surface area contributed by atoms with Gasteiger partial charge in [0.25, 0.3) is 0 Å². The summed E-state index contributed by atoms with van der Waals surface area (Å²) >= 11 is 1.88. The lowest BCUT2D eigenvalue weighted by molar-refractivity contribution is 0.172. The topological polar surface area (TPSA) is 75.9 Å². The Morgan fingerprint density at radius 3 is 2.85 bits per heavy atom. The number of hydrogen-bond donors (Lipinski definition) is 1. The Kier molecular flexibility index (Phi) is 7.09. The summed E-state index contributed by atoms with van der Waals surface area (Å²) in [5.41, 5.74) is 1.60. The Morgan fingerprint density at radius 2 is 2.15 bits per heavy atom. The molecular formula is C19H28N6OS. The molecule has 1 fully saturated rings. The van der Waals surface area contributed by atoms with Gasteiger partial charge >= 0.3 is 6.03 Å². The zero-order chi connectivity index (χ0) is 19.1. The van der Waals surface area contributed by atoms with Crippen LogP contribution in [-0.4, -0.2) is 55.2 Å². The highest BCUT2D eigenvalue weighted by molar-refractivity contribution is 7.99. The van der Waals surface area contributed by atoms with E-state index in [1.54, 1.807) is 7.05 Å². The minimum Gasteiger partial charge on any atom is -0.321 e. The first-order chi connectivity index (χ1) is 13.2. The Hall–Kier alpha value is -2.09. The van der Waals surface area contributed by atoms with Gasteiger partial charge < -0.3 is 10.2 Å².